The van der Waals surface area contributed by atoms with Crippen LogP contribution in [0.2, 0.25) is 5.04 Å². The van der Waals surface area contributed by atoms with E-state index < -0.39 is 20.5 Å². The lowest BCUT2D eigenvalue weighted by Crippen LogP contribution is -2.66. The molecule has 39 heavy (non-hydrogen) atoms. The maximum atomic E-state index is 11.5. The van der Waals surface area contributed by atoms with Crippen molar-refractivity contribution in [2.45, 2.75) is 85.1 Å². The first-order chi connectivity index (χ1) is 18.2. The van der Waals surface area contributed by atoms with E-state index in [1.165, 1.54) is 21.7 Å². The molecular formula is C31H44N2O4SSi. The van der Waals surface area contributed by atoms with Gasteiger partial charge < -0.3 is 20.0 Å². The van der Waals surface area contributed by atoms with E-state index in [2.05, 4.69) is 95.4 Å². The minimum atomic E-state index is -2.71. The summed E-state index contributed by atoms with van der Waals surface area (Å²) in [5.74, 6) is 0.0636. The van der Waals surface area contributed by atoms with Crippen molar-refractivity contribution in [3.8, 4) is 0 Å². The lowest BCUT2D eigenvalue weighted by Gasteiger charge is -2.42. The summed E-state index contributed by atoms with van der Waals surface area (Å²) in [4.78, 5) is 16.2. The van der Waals surface area contributed by atoms with E-state index in [-0.39, 0.29) is 28.8 Å². The fourth-order valence-corrected chi connectivity index (χ4v) is 10.8. The molecule has 2 aromatic carbocycles. The zero-order valence-electron chi connectivity index (χ0n) is 24.3. The van der Waals surface area contributed by atoms with Gasteiger partial charge in [-0.25, -0.2) is 9.78 Å². The van der Waals surface area contributed by atoms with Gasteiger partial charge in [0.25, 0.3) is 8.32 Å². The molecule has 1 heterocycles. The van der Waals surface area contributed by atoms with Crippen molar-refractivity contribution in [3.63, 3.8) is 0 Å². The van der Waals surface area contributed by atoms with Crippen LogP contribution in [0.15, 0.2) is 66.0 Å². The monoisotopic (exact) mass is 568 g/mol. The topological polar surface area (TPSA) is 91.7 Å². The molecule has 1 amide bonds. The highest BCUT2D eigenvalue weighted by Crippen LogP contribution is 2.37. The molecule has 0 saturated heterocycles. The molecule has 8 heteroatoms. The van der Waals surface area contributed by atoms with Gasteiger partial charge in [0, 0.05) is 17.8 Å². The van der Waals surface area contributed by atoms with Crippen LogP contribution in [0, 0.1) is 11.3 Å². The molecule has 6 nitrogen and oxygen atoms in total. The van der Waals surface area contributed by atoms with E-state index in [0.717, 1.165) is 12.1 Å². The predicted octanol–water partition coefficient (Wildman–Crippen LogP) is 6.35. The van der Waals surface area contributed by atoms with Gasteiger partial charge in [0.1, 0.15) is 11.1 Å². The van der Waals surface area contributed by atoms with E-state index >= 15 is 0 Å². The third-order valence-corrected chi connectivity index (χ3v) is 13.1. The maximum absolute atomic E-state index is 11.5. The Balaban J connectivity index is 1.83. The molecule has 0 aliphatic heterocycles. The van der Waals surface area contributed by atoms with Crippen LogP contribution in [0.5, 0.6) is 0 Å². The second-order valence-electron chi connectivity index (χ2n) is 12.7. The Morgan fingerprint density at radius 3 is 2.00 bits per heavy atom. The number of benzene rings is 2. The van der Waals surface area contributed by atoms with E-state index in [1.54, 1.807) is 0 Å². The number of hydrogen-bond acceptors (Lipinski definition) is 5. The van der Waals surface area contributed by atoms with Crippen LogP contribution in [0.3, 0.4) is 0 Å². The first-order valence-corrected chi connectivity index (χ1v) is 16.4. The highest BCUT2D eigenvalue weighted by molar-refractivity contribution is 7.09. The van der Waals surface area contributed by atoms with Crippen molar-refractivity contribution < 1.29 is 19.4 Å². The molecule has 0 spiro atoms. The van der Waals surface area contributed by atoms with Crippen LogP contribution >= 0.6 is 11.3 Å². The summed E-state index contributed by atoms with van der Waals surface area (Å²) in [5, 5.41) is 27.9. The maximum Gasteiger partial charge on any atom is 0.404 e. The van der Waals surface area contributed by atoms with E-state index in [1.807, 2.05) is 24.4 Å². The molecule has 0 aliphatic carbocycles. The third kappa shape index (κ3) is 8.00. The minimum absolute atomic E-state index is 0.0510. The van der Waals surface area contributed by atoms with E-state index in [4.69, 9.17) is 9.41 Å². The van der Waals surface area contributed by atoms with Crippen LogP contribution in [0.4, 0.5) is 4.79 Å². The first kappa shape index (κ1) is 31.0. The van der Waals surface area contributed by atoms with Gasteiger partial charge in [0.05, 0.1) is 12.3 Å². The normalized spacial score (nSPS) is 15.0. The van der Waals surface area contributed by atoms with Gasteiger partial charge in [0.15, 0.2) is 0 Å². The third-order valence-electron chi connectivity index (χ3n) is 7.12. The zero-order chi connectivity index (χ0) is 28.8. The Kier molecular flexibility index (Phi) is 10.1. The molecular weight excluding hydrogens is 525 g/mol. The molecule has 0 radical (unpaired) electrons. The zero-order valence-corrected chi connectivity index (χ0v) is 26.1. The average Bonchev–Trinajstić information content (AvgIpc) is 3.32. The molecule has 3 rings (SSSR count). The number of hydrogen-bond donors (Lipinski definition) is 3. The SMILES string of the molecule is CC(CC(C)(C)C)[C@@H](C[C@H](O)c1nc(CO[Si](c2ccccc2)(c2ccccc2)C(C)(C)C)cs1)NC(=O)O. The number of carboxylic acid groups (broad SMARTS) is 1. The molecule has 1 unspecified atom stereocenters. The smallest absolute Gasteiger partial charge is 0.404 e. The average molecular weight is 569 g/mol. The van der Waals surface area contributed by atoms with Crippen molar-refractivity contribution in [1.82, 2.24) is 10.3 Å². The fraction of sp³-hybridized carbons (Fsp3) is 0.484. The van der Waals surface area contributed by atoms with E-state index in [9.17, 15) is 15.0 Å². The van der Waals surface area contributed by atoms with Crippen molar-refractivity contribution >= 4 is 36.1 Å². The van der Waals surface area contributed by atoms with Crippen molar-refractivity contribution in [1.29, 1.82) is 0 Å². The lowest BCUT2D eigenvalue weighted by molar-refractivity contribution is 0.123. The van der Waals surface area contributed by atoms with Gasteiger partial charge in [-0.1, -0.05) is 109 Å². The largest absolute Gasteiger partial charge is 0.465 e. The Hall–Kier alpha value is -2.52. The standard InChI is InChI=1S/C31H44N2O4SSi/c1-22(19-30(2,3)4)26(33-29(35)36)18-27(34)28-32-23(21-38-28)20-37-39(31(5,6)7,24-14-10-8-11-15-24)25-16-12-9-13-17-25/h8-17,21-22,26-27,33-34H,18-20H2,1-7H3,(H,35,36)/t22?,26-,27+/m1/s1. The molecule has 0 aliphatic rings. The fourth-order valence-electron chi connectivity index (χ4n) is 5.53. The lowest BCUT2D eigenvalue weighted by atomic mass is 9.81. The highest BCUT2D eigenvalue weighted by atomic mass is 32.1. The van der Waals surface area contributed by atoms with Crippen LogP contribution in [-0.2, 0) is 11.0 Å². The van der Waals surface area contributed by atoms with Crippen molar-refractivity contribution in [2.75, 3.05) is 0 Å². The number of aromatic nitrogens is 1. The summed E-state index contributed by atoms with van der Waals surface area (Å²) >= 11 is 1.39. The molecule has 0 bridgehead atoms. The van der Waals surface area contributed by atoms with Crippen LogP contribution in [-0.4, -0.2) is 35.6 Å². The van der Waals surface area contributed by atoms with Gasteiger partial charge in [-0.2, -0.15) is 0 Å². The number of nitrogens with one attached hydrogen (secondary N) is 1. The first-order valence-electron chi connectivity index (χ1n) is 13.6. The molecule has 0 fully saturated rings. The summed E-state index contributed by atoms with van der Waals surface area (Å²) in [6, 6.07) is 20.6. The minimum Gasteiger partial charge on any atom is -0.465 e. The summed E-state index contributed by atoms with van der Waals surface area (Å²) < 4.78 is 6.98. The summed E-state index contributed by atoms with van der Waals surface area (Å²) in [5.41, 5.74) is 0.822. The summed E-state index contributed by atoms with van der Waals surface area (Å²) in [7, 11) is -2.71. The van der Waals surface area contributed by atoms with Crippen LogP contribution < -0.4 is 15.7 Å². The summed E-state index contributed by atoms with van der Waals surface area (Å²) in [6.07, 6.45) is -0.839. The van der Waals surface area contributed by atoms with Gasteiger partial charge in [-0.05, 0) is 33.2 Å². The van der Waals surface area contributed by atoms with Crippen molar-refractivity contribution in [2.24, 2.45) is 11.3 Å². The number of aliphatic hydroxyl groups is 1. The quantitative estimate of drug-likeness (QED) is 0.234. The van der Waals surface area contributed by atoms with Gasteiger partial charge in [-0.15, -0.1) is 11.3 Å². The molecule has 0 saturated carbocycles. The second kappa shape index (κ2) is 12.8. The van der Waals surface area contributed by atoms with Gasteiger partial charge >= 0.3 is 6.09 Å². The number of rotatable bonds is 11. The second-order valence-corrected chi connectivity index (χ2v) is 17.9. The van der Waals surface area contributed by atoms with Gasteiger partial charge in [-0.3, -0.25) is 0 Å². The van der Waals surface area contributed by atoms with Gasteiger partial charge in [0.2, 0.25) is 0 Å². The molecule has 3 aromatic rings. The number of aliphatic hydroxyl groups excluding tert-OH is 1. The van der Waals surface area contributed by atoms with E-state index in [0.29, 0.717) is 11.6 Å². The Bertz CT molecular complexity index is 1150. The number of nitrogens with zero attached hydrogens (tertiary/aromatic N) is 1. The Labute approximate surface area is 238 Å². The number of carbonyl (C=O) groups is 1. The molecule has 3 N–H and O–H groups in total. The van der Waals surface area contributed by atoms with Crippen LogP contribution in [0.25, 0.3) is 0 Å². The molecule has 3 atom stereocenters. The Morgan fingerprint density at radius 2 is 1.54 bits per heavy atom. The summed E-state index contributed by atoms with van der Waals surface area (Å²) in [6.45, 7) is 15.5. The Morgan fingerprint density at radius 1 is 1.00 bits per heavy atom. The number of thiazole rings is 1. The van der Waals surface area contributed by atoms with Crippen LogP contribution in [0.1, 0.15) is 78.1 Å². The predicted molar refractivity (Wildman–Crippen MR) is 162 cm³/mol. The molecule has 1 aromatic heterocycles. The number of amides is 1. The highest BCUT2D eigenvalue weighted by Gasteiger charge is 2.50. The molecule has 212 valence electrons. The van der Waals surface area contributed by atoms with Crippen molar-refractivity contribution in [3.05, 3.63) is 76.7 Å².